The number of hydrogen-bond acceptors (Lipinski definition) is 2. The van der Waals surface area contributed by atoms with Gasteiger partial charge in [-0.3, -0.25) is 0 Å². The van der Waals surface area contributed by atoms with Crippen LogP contribution in [0.3, 0.4) is 0 Å². The Bertz CT molecular complexity index is 378. The Balaban J connectivity index is 0.00000289. The Hall–Kier alpha value is -0.780. The zero-order valence-electron chi connectivity index (χ0n) is 10.2. The molecule has 0 radical (unpaired) electrons. The van der Waals surface area contributed by atoms with E-state index < -0.39 is 29.6 Å². The van der Waals surface area contributed by atoms with Crippen LogP contribution in [-0.4, -0.2) is 11.2 Å². The first-order valence-electron chi connectivity index (χ1n) is 5.41. The first kappa shape index (κ1) is 17.2. The molecule has 0 saturated carbocycles. The van der Waals surface area contributed by atoms with Gasteiger partial charge in [0.15, 0.2) is 17.5 Å². The van der Waals surface area contributed by atoms with Crippen molar-refractivity contribution in [2.24, 2.45) is 11.7 Å². The van der Waals surface area contributed by atoms with Crippen molar-refractivity contribution < 1.29 is 18.3 Å². The molecule has 0 heterocycles. The molecular formula is C12H17ClF3NO. The van der Waals surface area contributed by atoms with Crippen LogP contribution >= 0.6 is 12.4 Å². The van der Waals surface area contributed by atoms with Gasteiger partial charge in [0.25, 0.3) is 0 Å². The zero-order chi connectivity index (χ0) is 13.2. The van der Waals surface area contributed by atoms with Gasteiger partial charge < -0.3 is 10.8 Å². The zero-order valence-corrected chi connectivity index (χ0v) is 11.0. The quantitative estimate of drug-likeness (QED) is 0.835. The van der Waals surface area contributed by atoms with Crippen LogP contribution in [0.25, 0.3) is 0 Å². The summed E-state index contributed by atoms with van der Waals surface area (Å²) in [5.74, 6) is -3.93. The van der Waals surface area contributed by atoms with E-state index in [1.165, 1.54) is 0 Å². The molecule has 2 atom stereocenters. The lowest BCUT2D eigenvalue weighted by atomic mass is 9.95. The Labute approximate surface area is 110 Å². The standard InChI is InChI=1S/C12H16F3NO.ClH/c1-6(2)3-10(17)12(16)7-4-8(13)11(15)9(14)5-7;/h4-6,10,12,17H,3,16H2,1-2H3;1H/t10-,12+;/m1./s1. The fourth-order valence-electron chi connectivity index (χ4n) is 1.62. The van der Waals surface area contributed by atoms with E-state index in [0.29, 0.717) is 6.42 Å². The van der Waals surface area contributed by atoms with Crippen LogP contribution in [0.1, 0.15) is 31.9 Å². The van der Waals surface area contributed by atoms with Crippen LogP contribution in [0.15, 0.2) is 12.1 Å². The topological polar surface area (TPSA) is 46.2 Å². The summed E-state index contributed by atoms with van der Waals surface area (Å²) in [6, 6.07) is 0.696. The Morgan fingerprint density at radius 3 is 2.00 bits per heavy atom. The predicted octanol–water partition coefficient (Wildman–Crippen LogP) is 2.93. The molecule has 0 aliphatic rings. The Morgan fingerprint density at radius 2 is 1.61 bits per heavy atom. The molecule has 0 aliphatic carbocycles. The van der Waals surface area contributed by atoms with E-state index in [9.17, 15) is 18.3 Å². The van der Waals surface area contributed by atoms with Gasteiger partial charge in [0.05, 0.1) is 12.1 Å². The summed E-state index contributed by atoms with van der Waals surface area (Å²) in [5.41, 5.74) is 5.72. The second kappa shape index (κ2) is 6.97. The highest BCUT2D eigenvalue weighted by atomic mass is 35.5. The smallest absolute Gasteiger partial charge is 0.194 e. The van der Waals surface area contributed by atoms with E-state index in [1.54, 1.807) is 0 Å². The highest BCUT2D eigenvalue weighted by Gasteiger charge is 2.21. The summed E-state index contributed by atoms with van der Waals surface area (Å²) in [6.45, 7) is 3.78. The maximum atomic E-state index is 13.0. The molecule has 2 nitrogen and oxygen atoms in total. The maximum Gasteiger partial charge on any atom is 0.194 e. The summed E-state index contributed by atoms with van der Waals surface area (Å²) >= 11 is 0. The van der Waals surface area contributed by atoms with Gasteiger partial charge in [-0.25, -0.2) is 13.2 Å². The largest absolute Gasteiger partial charge is 0.391 e. The molecule has 0 fully saturated rings. The minimum Gasteiger partial charge on any atom is -0.391 e. The van der Waals surface area contributed by atoms with Crippen molar-refractivity contribution in [3.05, 3.63) is 35.1 Å². The van der Waals surface area contributed by atoms with Crippen LogP contribution in [0.5, 0.6) is 0 Å². The van der Waals surface area contributed by atoms with E-state index in [2.05, 4.69) is 0 Å². The number of nitrogens with two attached hydrogens (primary N) is 1. The molecule has 104 valence electrons. The molecule has 0 amide bonds. The third-order valence-corrected chi connectivity index (χ3v) is 2.52. The van der Waals surface area contributed by atoms with Gasteiger partial charge in [-0.15, -0.1) is 12.4 Å². The summed E-state index contributed by atoms with van der Waals surface area (Å²) < 4.78 is 38.7. The lowest BCUT2D eigenvalue weighted by Crippen LogP contribution is -2.27. The first-order chi connectivity index (χ1) is 7.82. The lowest BCUT2D eigenvalue weighted by molar-refractivity contribution is 0.120. The fourth-order valence-corrected chi connectivity index (χ4v) is 1.62. The summed E-state index contributed by atoms with van der Waals surface area (Å²) in [4.78, 5) is 0. The maximum absolute atomic E-state index is 13.0. The van der Waals surface area contributed by atoms with Gasteiger partial charge in [0.2, 0.25) is 0 Å². The van der Waals surface area contributed by atoms with Gasteiger partial charge in [-0.05, 0) is 30.0 Å². The average Bonchev–Trinajstić information content (AvgIpc) is 2.23. The van der Waals surface area contributed by atoms with Crippen LogP contribution in [0, 0.1) is 23.4 Å². The SMILES string of the molecule is CC(C)C[C@@H](O)[C@@H](N)c1cc(F)c(F)c(F)c1.Cl. The minimum absolute atomic E-state index is 0. The number of halogens is 4. The van der Waals surface area contributed by atoms with E-state index in [0.717, 1.165) is 12.1 Å². The number of aliphatic hydroxyl groups is 1. The van der Waals surface area contributed by atoms with Crippen molar-refractivity contribution in [1.82, 2.24) is 0 Å². The second-order valence-electron chi connectivity index (χ2n) is 4.52. The molecule has 6 heteroatoms. The predicted molar refractivity (Wildman–Crippen MR) is 66.0 cm³/mol. The van der Waals surface area contributed by atoms with Crippen molar-refractivity contribution in [3.8, 4) is 0 Å². The highest BCUT2D eigenvalue weighted by Crippen LogP contribution is 2.22. The molecule has 18 heavy (non-hydrogen) atoms. The highest BCUT2D eigenvalue weighted by molar-refractivity contribution is 5.85. The Kier molecular flexibility index (Phi) is 6.67. The van der Waals surface area contributed by atoms with Crippen LogP contribution in [-0.2, 0) is 0 Å². The third-order valence-electron chi connectivity index (χ3n) is 2.52. The monoisotopic (exact) mass is 283 g/mol. The molecule has 0 bridgehead atoms. The Morgan fingerprint density at radius 1 is 1.17 bits per heavy atom. The van der Waals surface area contributed by atoms with E-state index in [-0.39, 0.29) is 23.9 Å². The van der Waals surface area contributed by atoms with Crippen molar-refractivity contribution in [2.45, 2.75) is 32.4 Å². The average molecular weight is 284 g/mol. The number of aliphatic hydroxyl groups excluding tert-OH is 1. The summed E-state index contributed by atoms with van der Waals surface area (Å²) in [6.07, 6.45) is -0.513. The first-order valence-corrected chi connectivity index (χ1v) is 5.41. The molecule has 0 saturated heterocycles. The van der Waals surface area contributed by atoms with Gasteiger partial charge in [0.1, 0.15) is 0 Å². The minimum atomic E-state index is -1.53. The normalized spacial score (nSPS) is 14.2. The second-order valence-corrected chi connectivity index (χ2v) is 4.52. The molecule has 0 unspecified atom stereocenters. The van der Waals surface area contributed by atoms with Crippen LogP contribution in [0.4, 0.5) is 13.2 Å². The molecule has 0 spiro atoms. The number of benzene rings is 1. The van der Waals surface area contributed by atoms with Crippen molar-refractivity contribution in [2.75, 3.05) is 0 Å². The van der Waals surface area contributed by atoms with E-state index >= 15 is 0 Å². The van der Waals surface area contributed by atoms with Gasteiger partial charge >= 0.3 is 0 Å². The molecule has 1 aromatic carbocycles. The number of rotatable bonds is 4. The third kappa shape index (κ3) is 4.15. The lowest BCUT2D eigenvalue weighted by Gasteiger charge is -2.21. The van der Waals surface area contributed by atoms with Gasteiger partial charge in [-0.2, -0.15) is 0 Å². The van der Waals surface area contributed by atoms with E-state index in [4.69, 9.17) is 5.73 Å². The molecule has 3 N–H and O–H groups in total. The fraction of sp³-hybridized carbons (Fsp3) is 0.500. The van der Waals surface area contributed by atoms with Crippen molar-refractivity contribution in [1.29, 1.82) is 0 Å². The van der Waals surface area contributed by atoms with Crippen molar-refractivity contribution in [3.63, 3.8) is 0 Å². The molecule has 0 aromatic heterocycles. The van der Waals surface area contributed by atoms with E-state index in [1.807, 2.05) is 13.8 Å². The molecule has 1 rings (SSSR count). The van der Waals surface area contributed by atoms with Crippen LogP contribution in [0.2, 0.25) is 0 Å². The molecule has 1 aromatic rings. The van der Waals surface area contributed by atoms with Crippen LogP contribution < -0.4 is 5.73 Å². The molecular weight excluding hydrogens is 267 g/mol. The van der Waals surface area contributed by atoms with Gasteiger partial charge in [0, 0.05) is 0 Å². The van der Waals surface area contributed by atoms with Crippen molar-refractivity contribution >= 4 is 12.4 Å². The summed E-state index contributed by atoms with van der Waals surface area (Å²) in [7, 11) is 0. The number of hydrogen-bond donors (Lipinski definition) is 2. The molecule has 0 aliphatic heterocycles. The summed E-state index contributed by atoms with van der Waals surface area (Å²) in [5, 5.41) is 9.73. The van der Waals surface area contributed by atoms with Gasteiger partial charge in [-0.1, -0.05) is 13.8 Å².